The molecular formula is C13H20N4O2. The highest BCUT2D eigenvalue weighted by Gasteiger charge is 2.15. The van der Waals surface area contributed by atoms with Crippen LogP contribution in [0, 0.1) is 10.1 Å². The molecule has 0 bridgehead atoms. The fourth-order valence-corrected chi connectivity index (χ4v) is 2.46. The maximum Gasteiger partial charge on any atom is 0.276 e. The third kappa shape index (κ3) is 3.81. The molecule has 2 N–H and O–H groups in total. The molecule has 0 aliphatic heterocycles. The van der Waals surface area contributed by atoms with Crippen LogP contribution < -0.4 is 10.6 Å². The Balaban J connectivity index is 2.13. The average Bonchev–Trinajstić information content (AvgIpc) is 2.67. The number of aromatic nitrogens is 1. The van der Waals surface area contributed by atoms with E-state index in [0.29, 0.717) is 17.7 Å². The number of nitrogens with one attached hydrogen (secondary N) is 2. The lowest BCUT2D eigenvalue weighted by Gasteiger charge is -2.17. The highest BCUT2D eigenvalue weighted by molar-refractivity contribution is 5.54. The van der Waals surface area contributed by atoms with Crippen molar-refractivity contribution < 1.29 is 4.92 Å². The molecule has 0 spiro atoms. The van der Waals surface area contributed by atoms with E-state index in [1.165, 1.54) is 37.8 Å². The summed E-state index contributed by atoms with van der Waals surface area (Å²) in [5.41, 5.74) is 0.0653. The Hall–Kier alpha value is -1.85. The van der Waals surface area contributed by atoms with Gasteiger partial charge in [0.25, 0.3) is 5.69 Å². The van der Waals surface area contributed by atoms with E-state index in [0.717, 1.165) is 12.8 Å². The Morgan fingerprint density at radius 2 is 1.84 bits per heavy atom. The van der Waals surface area contributed by atoms with Crippen LogP contribution in [0.15, 0.2) is 12.1 Å². The van der Waals surface area contributed by atoms with Gasteiger partial charge in [0.1, 0.15) is 11.6 Å². The van der Waals surface area contributed by atoms with Crippen molar-refractivity contribution in [2.24, 2.45) is 0 Å². The molecule has 0 radical (unpaired) electrons. The number of anilines is 2. The van der Waals surface area contributed by atoms with Crippen molar-refractivity contribution >= 4 is 17.3 Å². The molecule has 1 aromatic rings. The monoisotopic (exact) mass is 264 g/mol. The topological polar surface area (TPSA) is 80.1 Å². The third-order valence-corrected chi connectivity index (χ3v) is 3.48. The number of hydrogen-bond donors (Lipinski definition) is 2. The zero-order valence-electron chi connectivity index (χ0n) is 11.2. The Labute approximate surface area is 112 Å². The van der Waals surface area contributed by atoms with Crippen molar-refractivity contribution in [3.63, 3.8) is 0 Å². The smallest absolute Gasteiger partial charge is 0.276 e. The highest BCUT2D eigenvalue weighted by Crippen LogP contribution is 2.24. The standard InChI is InChI=1S/C13H20N4O2/c1-14-12-8-11(17(18)19)9-13(16-12)15-10-6-4-2-3-5-7-10/h8-10H,2-7H2,1H3,(H2,14,15,16). The van der Waals surface area contributed by atoms with Gasteiger partial charge in [-0.2, -0.15) is 0 Å². The molecular weight excluding hydrogens is 244 g/mol. The summed E-state index contributed by atoms with van der Waals surface area (Å²) in [5.74, 6) is 1.11. The Kier molecular flexibility index (Phi) is 4.54. The highest BCUT2D eigenvalue weighted by atomic mass is 16.6. The van der Waals surface area contributed by atoms with Crippen LogP contribution in [-0.2, 0) is 0 Å². The summed E-state index contributed by atoms with van der Waals surface area (Å²) < 4.78 is 0. The predicted octanol–water partition coefficient (Wildman–Crippen LogP) is 3.17. The van der Waals surface area contributed by atoms with E-state index in [9.17, 15) is 10.1 Å². The maximum absolute atomic E-state index is 10.9. The molecule has 1 aromatic heterocycles. The van der Waals surface area contributed by atoms with Gasteiger partial charge in [0, 0.05) is 13.1 Å². The van der Waals surface area contributed by atoms with E-state index in [4.69, 9.17) is 0 Å². The van der Waals surface area contributed by atoms with E-state index >= 15 is 0 Å². The lowest BCUT2D eigenvalue weighted by molar-refractivity contribution is -0.384. The first kappa shape index (κ1) is 13.6. The molecule has 6 nitrogen and oxygen atoms in total. The van der Waals surface area contributed by atoms with Crippen molar-refractivity contribution in [3.8, 4) is 0 Å². The van der Waals surface area contributed by atoms with Gasteiger partial charge in [0.15, 0.2) is 0 Å². The van der Waals surface area contributed by atoms with E-state index in [1.807, 2.05) is 0 Å². The summed E-state index contributed by atoms with van der Waals surface area (Å²) in [6.45, 7) is 0. The molecule has 104 valence electrons. The number of hydrogen-bond acceptors (Lipinski definition) is 5. The molecule has 0 atom stereocenters. The number of rotatable bonds is 4. The lowest BCUT2D eigenvalue weighted by Crippen LogP contribution is -2.19. The van der Waals surface area contributed by atoms with Crippen molar-refractivity contribution in [2.45, 2.75) is 44.6 Å². The fourth-order valence-electron chi connectivity index (χ4n) is 2.46. The van der Waals surface area contributed by atoms with E-state index in [1.54, 1.807) is 7.05 Å². The van der Waals surface area contributed by atoms with E-state index in [2.05, 4.69) is 15.6 Å². The number of nitrogens with zero attached hydrogens (tertiary/aromatic N) is 2. The molecule has 1 aliphatic carbocycles. The zero-order valence-corrected chi connectivity index (χ0v) is 11.2. The van der Waals surface area contributed by atoms with Gasteiger partial charge in [0.2, 0.25) is 0 Å². The van der Waals surface area contributed by atoms with Gasteiger partial charge >= 0.3 is 0 Å². The molecule has 0 aromatic carbocycles. The van der Waals surface area contributed by atoms with Gasteiger partial charge in [-0.25, -0.2) is 4.98 Å². The summed E-state index contributed by atoms with van der Waals surface area (Å²) in [6, 6.07) is 3.33. The summed E-state index contributed by atoms with van der Waals surface area (Å²) in [5, 5.41) is 17.1. The SMILES string of the molecule is CNc1cc([N+](=O)[O-])cc(NC2CCCCCC2)n1. The molecule has 19 heavy (non-hydrogen) atoms. The molecule has 0 unspecified atom stereocenters. The first-order valence-electron chi connectivity index (χ1n) is 6.80. The van der Waals surface area contributed by atoms with Crippen LogP contribution in [0.2, 0.25) is 0 Å². The molecule has 1 aliphatic rings. The first-order chi connectivity index (χ1) is 9.19. The largest absolute Gasteiger partial charge is 0.373 e. The van der Waals surface area contributed by atoms with Crippen LogP contribution in [0.5, 0.6) is 0 Å². The first-order valence-corrected chi connectivity index (χ1v) is 6.80. The summed E-state index contributed by atoms with van der Waals surface area (Å²) in [6.07, 6.45) is 7.21. The summed E-state index contributed by atoms with van der Waals surface area (Å²) >= 11 is 0. The van der Waals surface area contributed by atoms with Gasteiger partial charge in [-0.05, 0) is 12.8 Å². The van der Waals surface area contributed by atoms with Crippen molar-refractivity contribution in [3.05, 3.63) is 22.2 Å². The Morgan fingerprint density at radius 3 is 2.42 bits per heavy atom. The maximum atomic E-state index is 10.9. The molecule has 1 heterocycles. The van der Waals surface area contributed by atoms with Crippen molar-refractivity contribution in [2.75, 3.05) is 17.7 Å². The van der Waals surface area contributed by atoms with Crippen LogP contribution in [-0.4, -0.2) is 23.0 Å². The number of pyridine rings is 1. The summed E-state index contributed by atoms with van der Waals surface area (Å²) in [7, 11) is 1.71. The normalized spacial score (nSPS) is 16.7. The third-order valence-electron chi connectivity index (χ3n) is 3.48. The van der Waals surface area contributed by atoms with Gasteiger partial charge in [-0.1, -0.05) is 25.7 Å². The van der Waals surface area contributed by atoms with Crippen LogP contribution >= 0.6 is 0 Å². The van der Waals surface area contributed by atoms with Crippen molar-refractivity contribution in [1.29, 1.82) is 0 Å². The minimum Gasteiger partial charge on any atom is -0.373 e. The minimum atomic E-state index is -0.388. The predicted molar refractivity (Wildman–Crippen MR) is 75.6 cm³/mol. The molecule has 0 saturated heterocycles. The second-order valence-electron chi connectivity index (χ2n) is 4.94. The molecule has 1 saturated carbocycles. The van der Waals surface area contributed by atoms with Crippen LogP contribution in [0.3, 0.4) is 0 Å². The minimum absolute atomic E-state index is 0.0653. The second kappa shape index (κ2) is 6.36. The van der Waals surface area contributed by atoms with Crippen LogP contribution in [0.1, 0.15) is 38.5 Å². The van der Waals surface area contributed by atoms with Gasteiger partial charge < -0.3 is 10.6 Å². The van der Waals surface area contributed by atoms with Crippen molar-refractivity contribution in [1.82, 2.24) is 4.98 Å². The zero-order chi connectivity index (χ0) is 13.7. The summed E-state index contributed by atoms with van der Waals surface area (Å²) in [4.78, 5) is 14.8. The molecule has 6 heteroatoms. The quantitative estimate of drug-likeness (QED) is 0.496. The molecule has 0 amide bonds. The lowest BCUT2D eigenvalue weighted by atomic mass is 10.1. The van der Waals surface area contributed by atoms with E-state index in [-0.39, 0.29) is 10.6 Å². The molecule has 1 fully saturated rings. The number of nitro groups is 1. The Bertz CT molecular complexity index is 442. The van der Waals surface area contributed by atoms with Crippen LogP contribution in [0.25, 0.3) is 0 Å². The molecule has 2 rings (SSSR count). The average molecular weight is 264 g/mol. The second-order valence-corrected chi connectivity index (χ2v) is 4.94. The van der Waals surface area contributed by atoms with E-state index < -0.39 is 0 Å². The van der Waals surface area contributed by atoms with Gasteiger partial charge in [-0.15, -0.1) is 0 Å². The van der Waals surface area contributed by atoms with Gasteiger partial charge in [-0.3, -0.25) is 10.1 Å². The van der Waals surface area contributed by atoms with Crippen LogP contribution in [0.4, 0.5) is 17.3 Å². The fraction of sp³-hybridized carbons (Fsp3) is 0.615. The van der Waals surface area contributed by atoms with Gasteiger partial charge in [0.05, 0.1) is 17.1 Å². The Morgan fingerprint density at radius 1 is 1.21 bits per heavy atom.